The molecule has 7 heteroatoms. The molecule has 2 heterocycles. The molecule has 0 aromatic rings. The average Bonchev–Trinajstić information content (AvgIpc) is 2.43. The minimum absolute atomic E-state index is 0.642. The van der Waals surface area contributed by atoms with Crippen molar-refractivity contribution in [1.82, 2.24) is 9.47 Å². The molecule has 2 aliphatic rings. The molecule has 0 saturated carbocycles. The van der Waals surface area contributed by atoms with Crippen LogP contribution in [0.25, 0.3) is 0 Å². The average molecular weight is 473 g/mol. The predicted molar refractivity (Wildman–Crippen MR) is 112 cm³/mol. The molecule has 0 unspecified atom stereocenters. The molecule has 0 spiro atoms. The van der Waals surface area contributed by atoms with Gasteiger partial charge in [0, 0.05) is 0 Å². The number of fused-ring (bicyclic) bond motifs is 1. The van der Waals surface area contributed by atoms with Gasteiger partial charge in [-0.05, 0) is 0 Å². The fraction of sp³-hybridized carbons (Fsp3) is 0.938. The third-order valence-electron chi connectivity index (χ3n) is 6.02. The number of hydrogen-bond acceptors (Lipinski definition) is 3. The summed E-state index contributed by atoms with van der Waals surface area (Å²) in [6.07, 6.45) is 2.56. The molecular weight excluding hydrogens is 437 g/mol. The van der Waals surface area contributed by atoms with Gasteiger partial charge in [-0.25, -0.2) is 0 Å². The van der Waals surface area contributed by atoms with E-state index < -0.39 is 24.4 Å². The number of guanidine groups is 1. The van der Waals surface area contributed by atoms with Crippen LogP contribution >= 0.6 is 0 Å². The van der Waals surface area contributed by atoms with Crippen LogP contribution in [-0.4, -0.2) is 88.5 Å². The van der Waals surface area contributed by atoms with Crippen molar-refractivity contribution in [3.8, 4) is 0 Å². The van der Waals surface area contributed by atoms with Crippen LogP contribution < -0.4 is 0 Å². The predicted octanol–water partition coefficient (Wildman–Crippen LogP) is 3.58. The third-order valence-corrected chi connectivity index (χ3v) is 44.9. The number of rotatable bonds is 4. The SMILES string of the molecule is C[Si](C)(C)[C]([Sn])([Si](C)(C)C)[Si](C)(C)N1CCCN2CCCN=C21. The van der Waals surface area contributed by atoms with Gasteiger partial charge < -0.3 is 0 Å². The second-order valence-electron chi connectivity index (χ2n) is 9.84. The summed E-state index contributed by atoms with van der Waals surface area (Å²) >= 11 is 1.82. The van der Waals surface area contributed by atoms with Crippen molar-refractivity contribution in [2.24, 2.45) is 4.99 Å². The molecule has 2 aliphatic heterocycles. The van der Waals surface area contributed by atoms with E-state index in [1.165, 1.54) is 38.4 Å². The van der Waals surface area contributed by atoms with Crippen molar-refractivity contribution in [2.75, 3.05) is 26.2 Å². The van der Waals surface area contributed by atoms with E-state index in [0.29, 0.717) is 2.30 Å². The Bertz CT molecular complexity index is 466. The summed E-state index contributed by atoms with van der Waals surface area (Å²) < 4.78 is 3.50. The van der Waals surface area contributed by atoms with E-state index in [9.17, 15) is 0 Å². The van der Waals surface area contributed by atoms with Crippen LogP contribution in [0.15, 0.2) is 4.99 Å². The first-order valence-electron chi connectivity index (χ1n) is 9.16. The van der Waals surface area contributed by atoms with Crippen LogP contribution in [0.4, 0.5) is 0 Å². The topological polar surface area (TPSA) is 18.8 Å². The van der Waals surface area contributed by atoms with E-state index in [0.717, 1.165) is 6.54 Å². The van der Waals surface area contributed by atoms with Gasteiger partial charge >= 0.3 is 161 Å². The normalized spacial score (nSPS) is 21.2. The minimum atomic E-state index is -1.61. The fourth-order valence-electron chi connectivity index (χ4n) is 5.32. The summed E-state index contributed by atoms with van der Waals surface area (Å²) in [7, 11) is -4.16. The first-order valence-corrected chi connectivity index (χ1v) is 20.5. The molecule has 0 amide bonds. The summed E-state index contributed by atoms with van der Waals surface area (Å²) in [6.45, 7) is 25.9. The van der Waals surface area contributed by atoms with Crippen molar-refractivity contribution in [3.05, 3.63) is 0 Å². The van der Waals surface area contributed by atoms with Crippen molar-refractivity contribution < 1.29 is 0 Å². The monoisotopic (exact) mass is 474 g/mol. The van der Waals surface area contributed by atoms with E-state index in [-0.39, 0.29) is 0 Å². The second kappa shape index (κ2) is 6.46. The van der Waals surface area contributed by atoms with Crippen LogP contribution in [0, 0.1) is 0 Å². The Morgan fingerprint density at radius 1 is 0.870 bits per heavy atom. The zero-order valence-electron chi connectivity index (χ0n) is 16.6. The van der Waals surface area contributed by atoms with Gasteiger partial charge in [0.05, 0.1) is 0 Å². The summed E-state index contributed by atoms with van der Waals surface area (Å²) in [6, 6.07) is 0. The van der Waals surface area contributed by atoms with Gasteiger partial charge in [-0.3, -0.25) is 0 Å². The molecule has 23 heavy (non-hydrogen) atoms. The van der Waals surface area contributed by atoms with E-state index in [1.807, 2.05) is 22.5 Å². The fourth-order valence-corrected chi connectivity index (χ4v) is 32.8. The summed E-state index contributed by atoms with van der Waals surface area (Å²) in [5.74, 6) is 1.38. The summed E-state index contributed by atoms with van der Waals surface area (Å²) in [4.78, 5) is 7.61. The molecule has 0 aromatic heterocycles. The van der Waals surface area contributed by atoms with Gasteiger partial charge in [-0.2, -0.15) is 0 Å². The standard InChI is InChI=1S/C16H36N3Si3.Sn/c1-20(2,3)16(21(4,5)6)22(7,8)19-14-10-13-18-12-9-11-17-15(18)19;/h9-14H2,1-8H3;. The van der Waals surface area contributed by atoms with Crippen molar-refractivity contribution in [1.29, 1.82) is 0 Å². The molecule has 131 valence electrons. The number of aliphatic imine (C=N–C) groups is 1. The van der Waals surface area contributed by atoms with Gasteiger partial charge in [-0.1, -0.05) is 0 Å². The van der Waals surface area contributed by atoms with Crippen LogP contribution in [0.2, 0.25) is 54.7 Å². The molecule has 0 atom stereocenters. The molecule has 1 saturated heterocycles. The van der Waals surface area contributed by atoms with Crippen LogP contribution in [0.1, 0.15) is 12.8 Å². The molecule has 3 nitrogen and oxygen atoms in total. The summed E-state index contributed by atoms with van der Waals surface area (Å²) in [5, 5.41) is 0. The molecule has 3 radical (unpaired) electrons. The molecule has 0 N–H and O–H groups in total. The van der Waals surface area contributed by atoms with Crippen LogP contribution in [0.5, 0.6) is 0 Å². The van der Waals surface area contributed by atoms with E-state index in [1.54, 1.807) is 0 Å². The molecular formula is C16H36N3Si3Sn. The zero-order valence-corrected chi connectivity index (χ0v) is 22.4. The van der Waals surface area contributed by atoms with E-state index >= 15 is 0 Å². The zero-order chi connectivity index (χ0) is 17.7. The Morgan fingerprint density at radius 2 is 1.39 bits per heavy atom. The van der Waals surface area contributed by atoms with Gasteiger partial charge in [-0.15, -0.1) is 0 Å². The second-order valence-corrected chi connectivity index (χ2v) is 32.7. The first-order chi connectivity index (χ1) is 10.3. The number of nitrogens with zero attached hydrogens (tertiary/aromatic N) is 3. The van der Waals surface area contributed by atoms with Crippen molar-refractivity contribution in [3.63, 3.8) is 0 Å². The van der Waals surface area contributed by atoms with Gasteiger partial charge in [0.15, 0.2) is 0 Å². The quantitative estimate of drug-likeness (QED) is 0.582. The van der Waals surface area contributed by atoms with Crippen molar-refractivity contribution >= 4 is 52.9 Å². The van der Waals surface area contributed by atoms with Crippen molar-refractivity contribution in [2.45, 2.75) is 67.5 Å². The molecule has 0 aromatic carbocycles. The third kappa shape index (κ3) is 3.26. The molecule has 2 rings (SSSR count). The first kappa shape index (κ1) is 20.0. The van der Waals surface area contributed by atoms with Gasteiger partial charge in [0.1, 0.15) is 0 Å². The Hall–Kier alpha value is 0.719. The molecule has 0 aliphatic carbocycles. The number of hydrogen-bond donors (Lipinski definition) is 0. The maximum atomic E-state index is 5.02. The molecule has 1 fully saturated rings. The summed E-state index contributed by atoms with van der Waals surface area (Å²) in [5.41, 5.74) is 0. The van der Waals surface area contributed by atoms with Gasteiger partial charge in [0.2, 0.25) is 0 Å². The van der Waals surface area contributed by atoms with Gasteiger partial charge in [0.25, 0.3) is 0 Å². The maximum absolute atomic E-state index is 5.02. The van der Waals surface area contributed by atoms with E-state index in [4.69, 9.17) is 4.99 Å². The Labute approximate surface area is 160 Å². The molecule has 0 bridgehead atoms. The Balaban J connectivity index is 2.51. The Morgan fingerprint density at radius 3 is 1.91 bits per heavy atom. The van der Waals surface area contributed by atoms with Crippen LogP contribution in [-0.2, 0) is 0 Å². The van der Waals surface area contributed by atoms with Crippen LogP contribution in [0.3, 0.4) is 0 Å². The van der Waals surface area contributed by atoms with E-state index in [2.05, 4.69) is 61.8 Å². The Kier molecular flexibility index (Phi) is 5.63.